The molecule has 8 nitrogen and oxygen atoms in total. The Balaban J connectivity index is 2.31. The zero-order chi connectivity index (χ0) is 12.8. The molecular weight excluding hydrogens is 234 g/mol. The van der Waals surface area contributed by atoms with Crippen LogP contribution in [0.1, 0.15) is 0 Å². The van der Waals surface area contributed by atoms with Crippen LogP contribution in [0.15, 0.2) is 0 Å². The van der Waals surface area contributed by atoms with E-state index in [4.69, 9.17) is 19.7 Å². The summed E-state index contributed by atoms with van der Waals surface area (Å²) in [5.74, 6) is -3.07. The number of carbonyl (C=O) groups excluding carboxylic acids is 1. The molecule has 0 aromatic carbocycles. The molecule has 0 spiro atoms. The minimum Gasteiger partial charge on any atom is -0.480 e. The number of rotatable bonds is 8. The average molecular weight is 247 g/mol. The van der Waals surface area contributed by atoms with Crippen LogP contribution in [-0.2, 0) is 23.9 Å². The zero-order valence-electron chi connectivity index (χ0n) is 9.00. The number of epoxide rings is 1. The molecule has 1 aliphatic rings. The van der Waals surface area contributed by atoms with Crippen molar-refractivity contribution in [1.82, 2.24) is 4.90 Å². The fraction of sp³-hybridized carbons (Fsp3) is 0.667. The maximum Gasteiger partial charge on any atom is 0.320 e. The molecule has 0 aromatic heterocycles. The van der Waals surface area contributed by atoms with Crippen molar-refractivity contribution in [2.75, 3.05) is 32.8 Å². The van der Waals surface area contributed by atoms with Crippen molar-refractivity contribution >= 4 is 17.9 Å². The lowest BCUT2D eigenvalue weighted by Gasteiger charge is -2.16. The number of hydrogen-bond acceptors (Lipinski definition) is 6. The predicted octanol–water partition coefficient (Wildman–Crippen LogP) is -1.60. The molecule has 0 radical (unpaired) electrons. The van der Waals surface area contributed by atoms with Crippen LogP contribution in [0.25, 0.3) is 0 Å². The van der Waals surface area contributed by atoms with Crippen molar-refractivity contribution in [2.24, 2.45) is 0 Å². The van der Waals surface area contributed by atoms with Crippen LogP contribution in [0.4, 0.5) is 0 Å². The van der Waals surface area contributed by atoms with Gasteiger partial charge in [-0.2, -0.15) is 0 Å². The maximum atomic E-state index is 11.2. The summed E-state index contributed by atoms with van der Waals surface area (Å²) in [6, 6.07) is 0. The summed E-state index contributed by atoms with van der Waals surface area (Å²) in [4.78, 5) is 33.1. The highest BCUT2D eigenvalue weighted by Crippen LogP contribution is 2.08. The molecule has 0 amide bonds. The molecule has 1 unspecified atom stereocenters. The Bertz CT molecular complexity index is 296. The summed E-state index contributed by atoms with van der Waals surface area (Å²) < 4.78 is 9.58. The van der Waals surface area contributed by atoms with Gasteiger partial charge in [0.2, 0.25) is 0 Å². The smallest absolute Gasteiger partial charge is 0.320 e. The maximum absolute atomic E-state index is 11.2. The van der Waals surface area contributed by atoms with E-state index in [2.05, 4.69) is 0 Å². The second kappa shape index (κ2) is 6.16. The van der Waals surface area contributed by atoms with Gasteiger partial charge in [-0.3, -0.25) is 19.3 Å². The second-order valence-corrected chi connectivity index (χ2v) is 3.57. The number of aliphatic carboxylic acids is 2. The molecule has 96 valence electrons. The van der Waals surface area contributed by atoms with Crippen molar-refractivity contribution < 1.29 is 34.1 Å². The fourth-order valence-corrected chi connectivity index (χ4v) is 1.13. The topological polar surface area (TPSA) is 117 Å². The van der Waals surface area contributed by atoms with Crippen LogP contribution >= 0.6 is 0 Å². The molecule has 0 aromatic rings. The van der Waals surface area contributed by atoms with Crippen molar-refractivity contribution in [3.63, 3.8) is 0 Å². The molecule has 1 heterocycles. The Kier molecular flexibility index (Phi) is 4.85. The van der Waals surface area contributed by atoms with E-state index < -0.39 is 31.0 Å². The van der Waals surface area contributed by atoms with Crippen molar-refractivity contribution in [1.29, 1.82) is 0 Å². The molecular formula is C9H13NO7. The van der Waals surface area contributed by atoms with Gasteiger partial charge >= 0.3 is 17.9 Å². The minimum atomic E-state index is -1.20. The molecule has 1 rings (SSSR count). The third kappa shape index (κ3) is 6.48. The highest BCUT2D eigenvalue weighted by atomic mass is 16.6. The van der Waals surface area contributed by atoms with E-state index in [1.807, 2.05) is 0 Å². The van der Waals surface area contributed by atoms with Gasteiger partial charge in [-0.15, -0.1) is 0 Å². The third-order valence-electron chi connectivity index (χ3n) is 1.90. The van der Waals surface area contributed by atoms with Gasteiger partial charge in [0, 0.05) is 0 Å². The highest BCUT2D eigenvalue weighted by Gasteiger charge is 2.25. The first-order valence-electron chi connectivity index (χ1n) is 4.90. The van der Waals surface area contributed by atoms with Gasteiger partial charge in [-0.05, 0) is 0 Å². The third-order valence-corrected chi connectivity index (χ3v) is 1.90. The van der Waals surface area contributed by atoms with Gasteiger partial charge in [-0.25, -0.2) is 0 Å². The summed E-state index contributed by atoms with van der Waals surface area (Å²) in [7, 11) is 0. The number of nitrogens with zero attached hydrogens (tertiary/aromatic N) is 1. The Morgan fingerprint density at radius 2 is 1.71 bits per heavy atom. The van der Waals surface area contributed by atoms with Gasteiger partial charge in [0.25, 0.3) is 0 Å². The summed E-state index contributed by atoms with van der Waals surface area (Å²) in [5, 5.41) is 17.1. The lowest BCUT2D eigenvalue weighted by molar-refractivity contribution is -0.148. The van der Waals surface area contributed by atoms with Crippen LogP contribution in [-0.4, -0.2) is 72.0 Å². The Labute approximate surface area is 96.7 Å². The van der Waals surface area contributed by atoms with Crippen LogP contribution in [0.2, 0.25) is 0 Å². The number of carboxylic acids is 2. The molecule has 8 heteroatoms. The molecule has 0 saturated carbocycles. The van der Waals surface area contributed by atoms with E-state index in [-0.39, 0.29) is 19.3 Å². The number of esters is 1. The summed E-state index contributed by atoms with van der Waals surface area (Å²) in [6.45, 7) is -0.762. The monoisotopic (exact) mass is 247 g/mol. The standard InChI is InChI=1S/C9H13NO7/c11-7(12)1-10(2-8(13)14)3-9(15)17-5-6-4-16-6/h6H,1-5H2,(H,11,12)(H,13,14). The summed E-state index contributed by atoms with van der Waals surface area (Å²) >= 11 is 0. The molecule has 1 aliphatic heterocycles. The van der Waals surface area contributed by atoms with Crippen molar-refractivity contribution in [3.8, 4) is 0 Å². The molecule has 2 N–H and O–H groups in total. The van der Waals surface area contributed by atoms with Crippen LogP contribution in [0.3, 0.4) is 0 Å². The van der Waals surface area contributed by atoms with Gasteiger partial charge in [0.05, 0.1) is 26.2 Å². The SMILES string of the molecule is O=C(O)CN(CC(=O)O)CC(=O)OCC1CO1. The number of carbonyl (C=O) groups is 3. The normalized spacial score (nSPS) is 17.8. The number of carboxylic acid groups (broad SMARTS) is 2. The molecule has 17 heavy (non-hydrogen) atoms. The van der Waals surface area contributed by atoms with Gasteiger partial charge in [0.1, 0.15) is 12.7 Å². The van der Waals surface area contributed by atoms with Crippen LogP contribution < -0.4 is 0 Å². The van der Waals surface area contributed by atoms with Crippen LogP contribution in [0, 0.1) is 0 Å². The molecule has 0 bridgehead atoms. The molecule has 1 atom stereocenters. The predicted molar refractivity (Wildman–Crippen MR) is 52.4 cm³/mol. The lowest BCUT2D eigenvalue weighted by Crippen LogP contribution is -2.39. The van der Waals surface area contributed by atoms with E-state index in [1.165, 1.54) is 0 Å². The number of hydrogen-bond donors (Lipinski definition) is 2. The first-order chi connectivity index (χ1) is 7.97. The van der Waals surface area contributed by atoms with Crippen molar-refractivity contribution in [3.05, 3.63) is 0 Å². The summed E-state index contributed by atoms with van der Waals surface area (Å²) in [6.07, 6.45) is -0.0775. The molecule has 1 saturated heterocycles. The van der Waals surface area contributed by atoms with E-state index in [0.717, 1.165) is 4.90 Å². The van der Waals surface area contributed by atoms with E-state index in [1.54, 1.807) is 0 Å². The van der Waals surface area contributed by atoms with Crippen LogP contribution in [0.5, 0.6) is 0 Å². The Hall–Kier alpha value is -1.67. The lowest BCUT2D eigenvalue weighted by atomic mass is 10.4. The van der Waals surface area contributed by atoms with Gasteiger partial charge in [0.15, 0.2) is 0 Å². The van der Waals surface area contributed by atoms with Gasteiger partial charge < -0.3 is 19.7 Å². The minimum absolute atomic E-state index is 0.0775. The van der Waals surface area contributed by atoms with E-state index in [9.17, 15) is 14.4 Å². The first kappa shape index (κ1) is 13.4. The summed E-state index contributed by atoms with van der Waals surface area (Å²) in [5.41, 5.74) is 0. The van der Waals surface area contributed by atoms with Crippen molar-refractivity contribution in [2.45, 2.75) is 6.10 Å². The Morgan fingerprint density at radius 3 is 2.12 bits per heavy atom. The average Bonchev–Trinajstić information content (AvgIpc) is 2.95. The molecule has 1 fully saturated rings. The van der Waals surface area contributed by atoms with E-state index >= 15 is 0 Å². The quantitative estimate of drug-likeness (QED) is 0.389. The Morgan fingerprint density at radius 1 is 1.18 bits per heavy atom. The first-order valence-corrected chi connectivity index (χ1v) is 4.90. The zero-order valence-corrected chi connectivity index (χ0v) is 9.00. The molecule has 0 aliphatic carbocycles. The highest BCUT2D eigenvalue weighted by molar-refractivity contribution is 5.76. The second-order valence-electron chi connectivity index (χ2n) is 3.57. The van der Waals surface area contributed by atoms with E-state index in [0.29, 0.717) is 6.61 Å². The van der Waals surface area contributed by atoms with Gasteiger partial charge in [-0.1, -0.05) is 0 Å². The number of ether oxygens (including phenoxy) is 2. The largest absolute Gasteiger partial charge is 0.480 e. The fourth-order valence-electron chi connectivity index (χ4n) is 1.13.